The minimum atomic E-state index is -4.70. The first-order valence-corrected chi connectivity index (χ1v) is 15.3. The van der Waals surface area contributed by atoms with Crippen LogP contribution in [0.1, 0.15) is 36.6 Å². The quantitative estimate of drug-likeness (QED) is 0.291. The van der Waals surface area contributed by atoms with Gasteiger partial charge in [0.15, 0.2) is 5.13 Å². The average molecular weight is 637 g/mol. The summed E-state index contributed by atoms with van der Waals surface area (Å²) in [5.41, 5.74) is -0.683. The van der Waals surface area contributed by atoms with Crippen molar-refractivity contribution in [1.29, 1.82) is 0 Å². The van der Waals surface area contributed by atoms with Gasteiger partial charge >= 0.3 is 12.1 Å². The fourth-order valence-electron chi connectivity index (χ4n) is 5.45. The number of rotatable bonds is 10. The van der Waals surface area contributed by atoms with E-state index in [0.717, 1.165) is 36.4 Å². The first-order valence-electron chi connectivity index (χ1n) is 14.5. The van der Waals surface area contributed by atoms with Gasteiger partial charge in [-0.05, 0) is 44.5 Å². The molecule has 238 valence electrons. The minimum absolute atomic E-state index is 0.0709. The number of hydrogen-bond acceptors (Lipinski definition) is 10. The summed E-state index contributed by atoms with van der Waals surface area (Å²) in [5, 5.41) is 12.7. The van der Waals surface area contributed by atoms with Crippen LogP contribution in [0.25, 0.3) is 11.3 Å². The zero-order valence-electron chi connectivity index (χ0n) is 24.9. The summed E-state index contributed by atoms with van der Waals surface area (Å²) in [6.07, 6.45) is -2.54. The molecule has 0 unspecified atom stereocenters. The van der Waals surface area contributed by atoms with Crippen LogP contribution in [0.4, 0.5) is 40.3 Å². The number of carbonyl (C=O) groups is 1. The van der Waals surface area contributed by atoms with Crippen LogP contribution in [0.5, 0.6) is 0 Å². The van der Waals surface area contributed by atoms with Gasteiger partial charge in [0.1, 0.15) is 17.5 Å². The van der Waals surface area contributed by atoms with Crippen LogP contribution in [-0.4, -0.2) is 95.2 Å². The van der Waals surface area contributed by atoms with Gasteiger partial charge in [0.05, 0.1) is 17.7 Å². The second-order valence-corrected chi connectivity index (χ2v) is 12.5. The van der Waals surface area contributed by atoms with E-state index in [1.807, 2.05) is 14.1 Å². The van der Waals surface area contributed by atoms with E-state index in [4.69, 9.17) is 10.1 Å². The molecular formula is C29H36F4N8O2S. The summed E-state index contributed by atoms with van der Waals surface area (Å²) in [5.74, 6) is -0.190. The summed E-state index contributed by atoms with van der Waals surface area (Å²) in [6, 6.07) is 4.65. The zero-order chi connectivity index (χ0) is 31.6. The second kappa shape index (κ2) is 13.2. The molecule has 0 spiro atoms. The van der Waals surface area contributed by atoms with Gasteiger partial charge in [-0.25, -0.2) is 9.37 Å². The smallest absolute Gasteiger partial charge is 0.416 e. The van der Waals surface area contributed by atoms with Gasteiger partial charge in [-0.2, -0.15) is 23.1 Å². The lowest BCUT2D eigenvalue weighted by Gasteiger charge is -2.35. The fourth-order valence-corrected chi connectivity index (χ4v) is 6.47. The molecule has 5 rings (SSSR count). The van der Waals surface area contributed by atoms with E-state index in [2.05, 4.69) is 36.9 Å². The number of aliphatic carboxylic acids is 1. The maximum Gasteiger partial charge on any atom is 0.416 e. The van der Waals surface area contributed by atoms with Gasteiger partial charge in [-0.3, -0.25) is 14.6 Å². The molecule has 44 heavy (non-hydrogen) atoms. The second-order valence-electron chi connectivity index (χ2n) is 11.4. The normalized spacial score (nSPS) is 18.2. The Bertz CT molecular complexity index is 1480. The summed E-state index contributed by atoms with van der Waals surface area (Å²) in [7, 11) is 3.65. The molecule has 2 saturated heterocycles. The number of alkyl halides is 3. The minimum Gasteiger partial charge on any atom is -0.481 e. The molecule has 3 aromatic rings. The van der Waals surface area contributed by atoms with Gasteiger partial charge < -0.3 is 20.2 Å². The summed E-state index contributed by atoms with van der Waals surface area (Å²) in [6.45, 7) is 6.66. The molecule has 0 amide bonds. The molecule has 2 aromatic heterocycles. The summed E-state index contributed by atoms with van der Waals surface area (Å²) < 4.78 is 55.1. The van der Waals surface area contributed by atoms with Crippen molar-refractivity contribution in [1.82, 2.24) is 24.8 Å². The van der Waals surface area contributed by atoms with Crippen molar-refractivity contribution in [2.24, 2.45) is 0 Å². The molecule has 1 aromatic carbocycles. The first kappa shape index (κ1) is 31.9. The number of hydrogen-bond donors (Lipinski definition) is 2. The molecule has 0 bridgehead atoms. The number of anilines is 4. The van der Waals surface area contributed by atoms with E-state index >= 15 is 0 Å². The van der Waals surface area contributed by atoms with Crippen LogP contribution in [0, 0.1) is 5.82 Å². The van der Waals surface area contributed by atoms with E-state index in [9.17, 15) is 22.4 Å². The van der Waals surface area contributed by atoms with Gasteiger partial charge in [0.25, 0.3) is 0 Å². The molecule has 10 nitrogen and oxygen atoms in total. The van der Waals surface area contributed by atoms with Crippen LogP contribution in [0.2, 0.25) is 0 Å². The Morgan fingerprint density at radius 3 is 2.48 bits per heavy atom. The average Bonchev–Trinajstić information content (AvgIpc) is 3.56. The number of nitrogens with zero attached hydrogens (tertiary/aromatic N) is 7. The Labute approximate surface area is 257 Å². The van der Waals surface area contributed by atoms with Crippen LogP contribution in [0.3, 0.4) is 0 Å². The summed E-state index contributed by atoms with van der Waals surface area (Å²) in [4.78, 5) is 33.9. The van der Waals surface area contributed by atoms with Crippen molar-refractivity contribution < 1.29 is 27.5 Å². The lowest BCUT2D eigenvalue weighted by atomic mass is 10.1. The van der Waals surface area contributed by atoms with Crippen molar-refractivity contribution in [3.05, 3.63) is 40.5 Å². The van der Waals surface area contributed by atoms with Gasteiger partial charge in [0.2, 0.25) is 5.95 Å². The Hall–Kier alpha value is -3.56. The highest BCUT2D eigenvalue weighted by Crippen LogP contribution is 2.38. The van der Waals surface area contributed by atoms with Crippen LogP contribution in [-0.2, 0) is 17.5 Å². The number of carboxylic acid groups (broad SMARTS) is 1. The van der Waals surface area contributed by atoms with Crippen molar-refractivity contribution in [3.8, 4) is 11.3 Å². The van der Waals surface area contributed by atoms with Crippen molar-refractivity contribution >= 4 is 40.0 Å². The number of benzene rings is 1. The number of likely N-dealkylation sites (tertiary alicyclic amines) is 1. The van der Waals surface area contributed by atoms with E-state index < -0.39 is 23.5 Å². The Morgan fingerprint density at radius 1 is 1.09 bits per heavy atom. The third-order valence-corrected chi connectivity index (χ3v) is 8.86. The lowest BCUT2D eigenvalue weighted by Crippen LogP contribution is -2.47. The monoisotopic (exact) mass is 636 g/mol. The SMILES string of the molecule is C[C@@H]1CCCN1Cc1sc(Nc2cc(N3CCN(CCC(=O)O)CC3)nc(N(C)C)n2)nc1-c1cc(F)cc(C(F)(F)F)c1. The van der Waals surface area contributed by atoms with Crippen molar-refractivity contribution in [3.63, 3.8) is 0 Å². The number of thiazole rings is 1. The van der Waals surface area contributed by atoms with E-state index in [1.165, 1.54) is 11.3 Å². The number of aromatic nitrogens is 3. The number of nitrogens with one attached hydrogen (secondary N) is 1. The highest BCUT2D eigenvalue weighted by Gasteiger charge is 2.32. The first-order chi connectivity index (χ1) is 20.9. The molecule has 15 heteroatoms. The van der Waals surface area contributed by atoms with Gasteiger partial charge in [-0.15, -0.1) is 0 Å². The van der Waals surface area contributed by atoms with E-state index in [1.54, 1.807) is 11.0 Å². The molecule has 0 saturated carbocycles. The number of halogens is 4. The number of piperazine rings is 1. The molecule has 1 atom stereocenters. The topological polar surface area (TPSA) is 101 Å². The van der Waals surface area contributed by atoms with E-state index in [-0.39, 0.29) is 12.0 Å². The fraction of sp³-hybridized carbons (Fsp3) is 0.517. The molecule has 2 aliphatic heterocycles. The number of carboxylic acids is 1. The molecule has 4 heterocycles. The third kappa shape index (κ3) is 7.74. The van der Waals surface area contributed by atoms with Crippen molar-refractivity contribution in [2.45, 2.75) is 44.9 Å². The largest absolute Gasteiger partial charge is 0.481 e. The Morgan fingerprint density at radius 2 is 1.84 bits per heavy atom. The lowest BCUT2D eigenvalue weighted by molar-refractivity contribution is -0.138. The molecule has 2 fully saturated rings. The molecule has 0 radical (unpaired) electrons. The summed E-state index contributed by atoms with van der Waals surface area (Å²) >= 11 is 1.31. The molecule has 0 aliphatic carbocycles. The van der Waals surface area contributed by atoms with E-state index in [0.29, 0.717) is 79.8 Å². The van der Waals surface area contributed by atoms with Crippen LogP contribution < -0.4 is 15.1 Å². The molecule has 2 aliphatic rings. The van der Waals surface area contributed by atoms with Gasteiger partial charge in [-0.1, -0.05) is 11.3 Å². The molecule has 2 N–H and O–H groups in total. The zero-order valence-corrected chi connectivity index (χ0v) is 25.7. The highest BCUT2D eigenvalue weighted by molar-refractivity contribution is 7.16. The predicted octanol–water partition coefficient (Wildman–Crippen LogP) is 5.15. The van der Waals surface area contributed by atoms with Crippen LogP contribution in [0.15, 0.2) is 24.3 Å². The standard InChI is InChI=1S/C29H36F4N8O2S/c1-18-5-4-7-41(18)17-22-26(19-13-20(29(31,32)33)15-21(30)14-19)37-28(44-22)35-23-16-24(36-27(34-23)38(2)3)40-11-9-39(10-12-40)8-6-25(42)43/h13-16,18H,4-12,17H2,1-3H3,(H,42,43)(H,34,35,36,37)/t18-/m1/s1. The molecular weight excluding hydrogens is 600 g/mol. The van der Waals surface area contributed by atoms with Crippen molar-refractivity contribution in [2.75, 3.05) is 68.5 Å². The van der Waals surface area contributed by atoms with Crippen LogP contribution >= 0.6 is 11.3 Å². The van der Waals surface area contributed by atoms with Gasteiger partial charge in [0, 0.05) is 75.9 Å². The highest BCUT2D eigenvalue weighted by atomic mass is 32.1. The third-order valence-electron chi connectivity index (χ3n) is 7.91. The maximum absolute atomic E-state index is 14.4. The Balaban J connectivity index is 1.44. The maximum atomic E-state index is 14.4. The Kier molecular flexibility index (Phi) is 9.56. The predicted molar refractivity (Wildman–Crippen MR) is 162 cm³/mol.